The maximum Gasteiger partial charge on any atom is 0.146 e. The summed E-state index contributed by atoms with van der Waals surface area (Å²) in [5, 5.41) is 0.745. The molecule has 0 fully saturated rings. The second kappa shape index (κ2) is 5.27. The molecule has 0 saturated carbocycles. The molecule has 0 amide bonds. The predicted molar refractivity (Wildman–Crippen MR) is 76.9 cm³/mol. The number of aromatic nitrogens is 1. The topological polar surface area (TPSA) is 42.2 Å². The molecule has 94 valence electrons. The second-order valence-corrected chi connectivity index (χ2v) is 4.68. The summed E-state index contributed by atoms with van der Waals surface area (Å²) in [5.41, 5.74) is 8.00. The summed E-state index contributed by atoms with van der Waals surface area (Å²) in [6.07, 6.45) is 1.69. The van der Waals surface area contributed by atoms with Crippen LogP contribution in [-0.4, -0.2) is 12.0 Å². The van der Waals surface area contributed by atoms with Gasteiger partial charge in [-0.25, -0.2) is 4.98 Å². The minimum Gasteiger partial charge on any atom is -0.382 e. The third-order valence-electron chi connectivity index (χ3n) is 3.13. The molecular formula is C14H16ClN3. The Morgan fingerprint density at radius 2 is 1.89 bits per heavy atom. The highest BCUT2D eigenvalue weighted by atomic mass is 35.5. The van der Waals surface area contributed by atoms with Crippen molar-refractivity contribution in [2.75, 3.05) is 17.7 Å². The molecule has 3 nitrogen and oxygen atoms in total. The van der Waals surface area contributed by atoms with Crippen molar-refractivity contribution in [2.45, 2.75) is 13.0 Å². The van der Waals surface area contributed by atoms with Crippen molar-refractivity contribution >= 4 is 23.1 Å². The quantitative estimate of drug-likeness (QED) is 0.919. The van der Waals surface area contributed by atoms with Gasteiger partial charge in [-0.2, -0.15) is 0 Å². The third kappa shape index (κ3) is 2.57. The Balaban J connectivity index is 2.26. The highest BCUT2D eigenvalue weighted by molar-refractivity contribution is 6.30. The normalized spacial score (nSPS) is 12.2. The van der Waals surface area contributed by atoms with Crippen LogP contribution < -0.4 is 10.6 Å². The molecule has 2 aromatic rings. The molecule has 0 aliphatic heterocycles. The summed E-state index contributed by atoms with van der Waals surface area (Å²) in [6, 6.07) is 11.9. The fourth-order valence-electron chi connectivity index (χ4n) is 1.88. The summed E-state index contributed by atoms with van der Waals surface area (Å²) in [5.74, 6) is 0.542. The van der Waals surface area contributed by atoms with E-state index in [2.05, 4.69) is 16.8 Å². The molecule has 0 bridgehead atoms. The van der Waals surface area contributed by atoms with Gasteiger partial charge in [0.05, 0.1) is 11.7 Å². The summed E-state index contributed by atoms with van der Waals surface area (Å²) in [6.45, 7) is 2.12. The largest absolute Gasteiger partial charge is 0.382 e. The monoisotopic (exact) mass is 261 g/mol. The van der Waals surface area contributed by atoms with Gasteiger partial charge in [0, 0.05) is 18.3 Å². The summed E-state index contributed by atoms with van der Waals surface area (Å²) < 4.78 is 0. The summed E-state index contributed by atoms with van der Waals surface area (Å²) in [4.78, 5) is 6.21. The standard InChI is InChI=1S/C14H16ClN3/c1-10(11-5-7-12(15)8-6-11)18(2)13-4-3-9-17-14(13)16/h3-10H,1-2H3,(H2,16,17). The number of nitrogens with zero attached hydrogens (tertiary/aromatic N) is 2. The first-order valence-electron chi connectivity index (χ1n) is 5.78. The van der Waals surface area contributed by atoms with Crippen LogP contribution in [0.2, 0.25) is 5.02 Å². The average Bonchev–Trinajstić information content (AvgIpc) is 2.38. The van der Waals surface area contributed by atoms with Gasteiger partial charge in [0.25, 0.3) is 0 Å². The van der Waals surface area contributed by atoms with Crippen molar-refractivity contribution in [3.63, 3.8) is 0 Å². The van der Waals surface area contributed by atoms with Crippen molar-refractivity contribution in [1.82, 2.24) is 4.98 Å². The maximum absolute atomic E-state index is 5.89. The molecule has 0 spiro atoms. The summed E-state index contributed by atoms with van der Waals surface area (Å²) >= 11 is 5.89. The van der Waals surface area contributed by atoms with E-state index < -0.39 is 0 Å². The number of benzene rings is 1. The number of hydrogen-bond acceptors (Lipinski definition) is 3. The molecule has 2 rings (SSSR count). The fourth-order valence-corrected chi connectivity index (χ4v) is 2.01. The molecule has 1 unspecified atom stereocenters. The molecule has 4 heteroatoms. The molecule has 2 N–H and O–H groups in total. The first kappa shape index (κ1) is 12.7. The van der Waals surface area contributed by atoms with Crippen LogP contribution in [0.1, 0.15) is 18.5 Å². The number of hydrogen-bond donors (Lipinski definition) is 1. The highest BCUT2D eigenvalue weighted by Gasteiger charge is 2.14. The number of nitrogen functional groups attached to an aromatic ring is 1. The first-order valence-corrected chi connectivity index (χ1v) is 6.16. The Hall–Kier alpha value is -1.74. The molecule has 0 radical (unpaired) electrons. The molecule has 0 aliphatic carbocycles. The fraction of sp³-hybridized carbons (Fsp3) is 0.214. The average molecular weight is 262 g/mol. The molecule has 0 aliphatic rings. The van der Waals surface area contributed by atoms with Gasteiger partial charge in [-0.05, 0) is 36.8 Å². The van der Waals surface area contributed by atoms with E-state index in [-0.39, 0.29) is 6.04 Å². The SMILES string of the molecule is CC(c1ccc(Cl)cc1)N(C)c1cccnc1N. The summed E-state index contributed by atoms with van der Waals surface area (Å²) in [7, 11) is 2.01. The Bertz CT molecular complexity index is 525. The van der Waals surface area contributed by atoms with E-state index >= 15 is 0 Å². The van der Waals surface area contributed by atoms with E-state index in [1.165, 1.54) is 5.56 Å². The van der Waals surface area contributed by atoms with E-state index in [4.69, 9.17) is 17.3 Å². The van der Waals surface area contributed by atoms with Crippen LogP contribution in [0.5, 0.6) is 0 Å². The van der Waals surface area contributed by atoms with Crippen LogP contribution in [0.15, 0.2) is 42.6 Å². The zero-order valence-electron chi connectivity index (χ0n) is 10.5. The van der Waals surface area contributed by atoms with Gasteiger partial charge < -0.3 is 10.6 Å². The van der Waals surface area contributed by atoms with Gasteiger partial charge in [-0.1, -0.05) is 23.7 Å². The van der Waals surface area contributed by atoms with Crippen LogP contribution in [0.4, 0.5) is 11.5 Å². The highest BCUT2D eigenvalue weighted by Crippen LogP contribution is 2.28. The van der Waals surface area contributed by atoms with Gasteiger partial charge in [0.15, 0.2) is 0 Å². The lowest BCUT2D eigenvalue weighted by Gasteiger charge is -2.28. The molecule has 0 saturated heterocycles. The van der Waals surface area contributed by atoms with Gasteiger partial charge >= 0.3 is 0 Å². The Morgan fingerprint density at radius 3 is 2.50 bits per heavy atom. The van der Waals surface area contributed by atoms with Gasteiger partial charge in [-0.15, -0.1) is 0 Å². The first-order chi connectivity index (χ1) is 8.59. The van der Waals surface area contributed by atoms with Crippen LogP contribution in [0, 0.1) is 0 Å². The van der Waals surface area contributed by atoms with Crippen LogP contribution in [0.25, 0.3) is 0 Å². The lowest BCUT2D eigenvalue weighted by Crippen LogP contribution is -2.22. The zero-order valence-corrected chi connectivity index (χ0v) is 11.2. The number of pyridine rings is 1. The second-order valence-electron chi connectivity index (χ2n) is 4.25. The zero-order chi connectivity index (χ0) is 13.1. The van der Waals surface area contributed by atoms with E-state index in [0.29, 0.717) is 5.82 Å². The maximum atomic E-state index is 5.89. The Labute approximate surface area is 112 Å². The smallest absolute Gasteiger partial charge is 0.146 e. The minimum atomic E-state index is 0.203. The van der Waals surface area contributed by atoms with E-state index in [1.54, 1.807) is 6.20 Å². The van der Waals surface area contributed by atoms with Crippen molar-refractivity contribution in [2.24, 2.45) is 0 Å². The number of rotatable bonds is 3. The number of nitrogens with two attached hydrogens (primary N) is 1. The molecule has 1 aromatic carbocycles. The Kier molecular flexibility index (Phi) is 3.72. The van der Waals surface area contributed by atoms with E-state index in [0.717, 1.165) is 10.7 Å². The van der Waals surface area contributed by atoms with Crippen molar-refractivity contribution in [3.8, 4) is 0 Å². The molecular weight excluding hydrogens is 246 g/mol. The molecule has 18 heavy (non-hydrogen) atoms. The van der Waals surface area contributed by atoms with Crippen LogP contribution in [-0.2, 0) is 0 Å². The molecule has 1 heterocycles. The lowest BCUT2D eigenvalue weighted by atomic mass is 10.1. The van der Waals surface area contributed by atoms with Crippen LogP contribution in [0.3, 0.4) is 0 Å². The number of halogens is 1. The van der Waals surface area contributed by atoms with Crippen molar-refractivity contribution in [1.29, 1.82) is 0 Å². The van der Waals surface area contributed by atoms with Gasteiger partial charge in [0.2, 0.25) is 0 Å². The predicted octanol–water partition coefficient (Wildman–Crippen LogP) is 3.51. The third-order valence-corrected chi connectivity index (χ3v) is 3.38. The van der Waals surface area contributed by atoms with Crippen molar-refractivity contribution in [3.05, 3.63) is 53.2 Å². The van der Waals surface area contributed by atoms with E-state index in [1.807, 2.05) is 43.4 Å². The minimum absolute atomic E-state index is 0.203. The van der Waals surface area contributed by atoms with Gasteiger partial charge in [-0.3, -0.25) is 0 Å². The molecule has 1 aromatic heterocycles. The lowest BCUT2D eigenvalue weighted by molar-refractivity contribution is 0.739. The Morgan fingerprint density at radius 1 is 1.22 bits per heavy atom. The van der Waals surface area contributed by atoms with Crippen molar-refractivity contribution < 1.29 is 0 Å². The van der Waals surface area contributed by atoms with Crippen LogP contribution >= 0.6 is 11.6 Å². The van der Waals surface area contributed by atoms with E-state index in [9.17, 15) is 0 Å². The van der Waals surface area contributed by atoms with Gasteiger partial charge in [0.1, 0.15) is 5.82 Å². The molecule has 1 atom stereocenters. The number of anilines is 2.